The molecule has 0 unspecified atom stereocenters. The van der Waals surface area contributed by atoms with Gasteiger partial charge < -0.3 is 14.8 Å². The predicted octanol–water partition coefficient (Wildman–Crippen LogP) is 2.77. The molecule has 2 heterocycles. The Bertz CT molecular complexity index is 686. The van der Waals surface area contributed by atoms with Crippen LogP contribution in [-0.4, -0.2) is 38.8 Å². The Morgan fingerprint density at radius 1 is 1.24 bits per heavy atom. The number of urea groups is 1. The third-order valence-electron chi connectivity index (χ3n) is 4.97. The average Bonchev–Trinajstić information content (AvgIpc) is 3.09. The summed E-state index contributed by atoms with van der Waals surface area (Å²) in [5.74, 6) is 1.64. The van der Waals surface area contributed by atoms with Crippen molar-refractivity contribution in [2.75, 3.05) is 13.1 Å². The Balaban J connectivity index is 1.43. The number of aryl methyl sites for hydroxylation is 2. The van der Waals surface area contributed by atoms with Gasteiger partial charge in [0.15, 0.2) is 0 Å². The van der Waals surface area contributed by atoms with Crippen LogP contribution in [0.25, 0.3) is 0 Å². The minimum absolute atomic E-state index is 0.0377. The van der Waals surface area contributed by atoms with E-state index in [1.54, 1.807) is 6.33 Å². The van der Waals surface area contributed by atoms with Gasteiger partial charge in [-0.2, -0.15) is 0 Å². The monoisotopic (exact) mass is 341 g/mol. The number of benzene rings is 1. The van der Waals surface area contributed by atoms with Crippen LogP contribution in [0.15, 0.2) is 30.6 Å². The van der Waals surface area contributed by atoms with Crippen LogP contribution in [0, 0.1) is 12.8 Å². The summed E-state index contributed by atoms with van der Waals surface area (Å²) in [7, 11) is 0. The summed E-state index contributed by atoms with van der Waals surface area (Å²) in [5.41, 5.74) is 2.36. The fraction of sp³-hybridized carbons (Fsp3) is 0.526. The molecule has 1 saturated heterocycles. The average molecular weight is 341 g/mol. The van der Waals surface area contributed by atoms with Gasteiger partial charge in [0.05, 0.1) is 0 Å². The van der Waals surface area contributed by atoms with Gasteiger partial charge in [0, 0.05) is 32.6 Å². The number of nitrogens with one attached hydrogen (secondary N) is 1. The predicted molar refractivity (Wildman–Crippen MR) is 97.1 cm³/mol. The van der Waals surface area contributed by atoms with Crippen molar-refractivity contribution in [3.63, 3.8) is 0 Å². The van der Waals surface area contributed by atoms with Crippen molar-refractivity contribution in [3.05, 3.63) is 47.5 Å². The van der Waals surface area contributed by atoms with Crippen molar-refractivity contribution in [3.8, 4) is 0 Å². The summed E-state index contributed by atoms with van der Waals surface area (Å²) in [6, 6.07) is 8.30. The van der Waals surface area contributed by atoms with Gasteiger partial charge in [-0.15, -0.1) is 10.2 Å². The number of carbonyl (C=O) groups is 1. The summed E-state index contributed by atoms with van der Waals surface area (Å²) in [6.45, 7) is 7.28. The van der Waals surface area contributed by atoms with Gasteiger partial charge in [-0.25, -0.2) is 4.79 Å². The van der Waals surface area contributed by atoms with Crippen molar-refractivity contribution in [2.45, 2.75) is 46.2 Å². The summed E-state index contributed by atoms with van der Waals surface area (Å²) in [4.78, 5) is 14.3. The van der Waals surface area contributed by atoms with E-state index in [-0.39, 0.29) is 6.03 Å². The number of likely N-dealkylation sites (tertiary alicyclic amines) is 1. The molecule has 1 aliphatic heterocycles. The number of hydrogen-bond acceptors (Lipinski definition) is 3. The molecule has 0 bridgehead atoms. The van der Waals surface area contributed by atoms with E-state index in [0.29, 0.717) is 12.5 Å². The minimum Gasteiger partial charge on any atom is -0.334 e. The summed E-state index contributed by atoms with van der Waals surface area (Å²) < 4.78 is 2.10. The molecule has 1 aliphatic rings. The van der Waals surface area contributed by atoms with E-state index in [9.17, 15) is 4.79 Å². The minimum atomic E-state index is 0.0377. The molecule has 2 aromatic rings. The molecule has 1 N–H and O–H groups in total. The Morgan fingerprint density at radius 3 is 2.64 bits per heavy atom. The Hall–Kier alpha value is -2.37. The highest BCUT2D eigenvalue weighted by atomic mass is 16.2. The third kappa shape index (κ3) is 4.59. The highest BCUT2D eigenvalue weighted by Gasteiger charge is 2.24. The van der Waals surface area contributed by atoms with E-state index in [2.05, 4.69) is 58.2 Å². The maximum Gasteiger partial charge on any atom is 0.317 e. The Labute approximate surface area is 149 Å². The SMILES string of the molecule is CCn1cnnc1CC1CCN(C(=O)NCc2ccc(C)cc2)CC1. The van der Waals surface area contributed by atoms with Crippen LogP contribution in [-0.2, 0) is 19.5 Å². The fourth-order valence-electron chi connectivity index (χ4n) is 3.29. The lowest BCUT2D eigenvalue weighted by Crippen LogP contribution is -2.44. The first-order valence-corrected chi connectivity index (χ1v) is 9.10. The second kappa shape index (κ2) is 8.14. The molecule has 0 saturated carbocycles. The van der Waals surface area contributed by atoms with E-state index in [0.717, 1.165) is 50.3 Å². The second-order valence-corrected chi connectivity index (χ2v) is 6.81. The summed E-state index contributed by atoms with van der Waals surface area (Å²) in [5, 5.41) is 11.3. The molecule has 0 radical (unpaired) electrons. The molecule has 1 aromatic carbocycles. The molecule has 0 aliphatic carbocycles. The van der Waals surface area contributed by atoms with Crippen molar-refractivity contribution < 1.29 is 4.79 Å². The molecule has 3 rings (SSSR count). The lowest BCUT2D eigenvalue weighted by atomic mass is 9.93. The van der Waals surface area contributed by atoms with Gasteiger partial charge >= 0.3 is 6.03 Å². The molecule has 6 heteroatoms. The zero-order chi connectivity index (χ0) is 17.6. The number of carbonyl (C=O) groups excluding carboxylic acids is 1. The van der Waals surface area contributed by atoms with Crippen LogP contribution in [0.2, 0.25) is 0 Å². The zero-order valence-electron chi connectivity index (χ0n) is 15.1. The quantitative estimate of drug-likeness (QED) is 0.909. The van der Waals surface area contributed by atoms with Gasteiger partial charge in [0.2, 0.25) is 0 Å². The summed E-state index contributed by atoms with van der Waals surface area (Å²) in [6.07, 6.45) is 4.79. The topological polar surface area (TPSA) is 63.1 Å². The van der Waals surface area contributed by atoms with Crippen LogP contribution in [0.1, 0.15) is 36.7 Å². The van der Waals surface area contributed by atoms with E-state index >= 15 is 0 Å². The molecule has 134 valence electrons. The number of aromatic nitrogens is 3. The smallest absolute Gasteiger partial charge is 0.317 e. The third-order valence-corrected chi connectivity index (χ3v) is 4.97. The van der Waals surface area contributed by atoms with Gasteiger partial charge in [-0.05, 0) is 38.2 Å². The molecule has 1 fully saturated rings. The van der Waals surface area contributed by atoms with E-state index in [1.165, 1.54) is 5.56 Å². The van der Waals surface area contributed by atoms with Crippen molar-refractivity contribution in [1.29, 1.82) is 0 Å². The highest BCUT2D eigenvalue weighted by molar-refractivity contribution is 5.74. The molecule has 25 heavy (non-hydrogen) atoms. The largest absolute Gasteiger partial charge is 0.334 e. The summed E-state index contributed by atoms with van der Waals surface area (Å²) >= 11 is 0. The van der Waals surface area contributed by atoms with Crippen LogP contribution in [0.5, 0.6) is 0 Å². The maximum atomic E-state index is 12.4. The number of rotatable bonds is 5. The molecular weight excluding hydrogens is 314 g/mol. The molecule has 2 amide bonds. The first-order valence-electron chi connectivity index (χ1n) is 9.10. The van der Waals surface area contributed by atoms with Crippen LogP contribution >= 0.6 is 0 Å². The number of nitrogens with zero attached hydrogens (tertiary/aromatic N) is 4. The number of piperidine rings is 1. The first kappa shape index (κ1) is 17.5. The van der Waals surface area contributed by atoms with E-state index < -0.39 is 0 Å². The maximum absolute atomic E-state index is 12.4. The molecule has 0 atom stereocenters. The molecule has 0 spiro atoms. The zero-order valence-corrected chi connectivity index (χ0v) is 15.1. The van der Waals surface area contributed by atoms with Crippen LogP contribution < -0.4 is 5.32 Å². The van der Waals surface area contributed by atoms with Gasteiger partial charge in [-0.3, -0.25) is 0 Å². The highest BCUT2D eigenvalue weighted by Crippen LogP contribution is 2.21. The second-order valence-electron chi connectivity index (χ2n) is 6.81. The normalized spacial score (nSPS) is 15.4. The van der Waals surface area contributed by atoms with Crippen LogP contribution in [0.4, 0.5) is 4.79 Å². The Kier molecular flexibility index (Phi) is 5.68. The van der Waals surface area contributed by atoms with E-state index in [4.69, 9.17) is 0 Å². The van der Waals surface area contributed by atoms with Crippen molar-refractivity contribution >= 4 is 6.03 Å². The first-order chi connectivity index (χ1) is 12.2. The van der Waals surface area contributed by atoms with Gasteiger partial charge in [0.25, 0.3) is 0 Å². The standard InChI is InChI=1S/C19H27N5O/c1-3-23-14-21-22-18(23)12-16-8-10-24(11-9-16)19(25)20-13-17-6-4-15(2)5-7-17/h4-7,14,16H,3,8-13H2,1-2H3,(H,20,25). The number of amides is 2. The lowest BCUT2D eigenvalue weighted by molar-refractivity contribution is 0.169. The van der Waals surface area contributed by atoms with Crippen molar-refractivity contribution in [1.82, 2.24) is 25.0 Å². The number of hydrogen-bond donors (Lipinski definition) is 1. The Morgan fingerprint density at radius 2 is 1.96 bits per heavy atom. The van der Waals surface area contributed by atoms with Crippen molar-refractivity contribution in [2.24, 2.45) is 5.92 Å². The molecule has 6 nitrogen and oxygen atoms in total. The fourth-order valence-corrected chi connectivity index (χ4v) is 3.29. The van der Waals surface area contributed by atoms with Gasteiger partial charge in [-0.1, -0.05) is 29.8 Å². The molecule has 1 aromatic heterocycles. The lowest BCUT2D eigenvalue weighted by Gasteiger charge is -2.32. The van der Waals surface area contributed by atoms with Crippen LogP contribution in [0.3, 0.4) is 0 Å². The van der Waals surface area contributed by atoms with E-state index in [1.807, 2.05) is 4.90 Å². The van der Waals surface area contributed by atoms with Gasteiger partial charge in [0.1, 0.15) is 12.2 Å². The molecular formula is C19H27N5O.